The van der Waals surface area contributed by atoms with Gasteiger partial charge in [0.05, 0.1) is 12.4 Å². The number of nitrogens with one attached hydrogen (secondary N) is 1. The van der Waals surface area contributed by atoms with Gasteiger partial charge in [0.15, 0.2) is 0 Å². The number of amidine groups is 1. The van der Waals surface area contributed by atoms with Crippen LogP contribution < -0.4 is 10.5 Å². The summed E-state index contributed by atoms with van der Waals surface area (Å²) in [6.45, 7) is 6.76. The molecule has 0 heterocycles. The molecule has 19 heavy (non-hydrogen) atoms. The van der Waals surface area contributed by atoms with Crippen molar-refractivity contribution in [2.45, 2.75) is 40.0 Å². The summed E-state index contributed by atoms with van der Waals surface area (Å²) in [6.07, 6.45) is 2.91. The second-order valence-corrected chi connectivity index (χ2v) is 6.43. The Labute approximate surface area is 124 Å². The van der Waals surface area contributed by atoms with E-state index in [2.05, 4.69) is 15.9 Å². The van der Waals surface area contributed by atoms with Crippen LogP contribution in [0.1, 0.15) is 38.7 Å². The molecule has 4 heteroatoms. The zero-order chi connectivity index (χ0) is 14.5. The molecule has 106 valence electrons. The lowest BCUT2D eigenvalue weighted by molar-refractivity contribution is 0.294. The quantitative estimate of drug-likeness (QED) is 0.446. The van der Waals surface area contributed by atoms with Crippen LogP contribution in [0.25, 0.3) is 0 Å². The Morgan fingerprint density at radius 3 is 2.68 bits per heavy atom. The minimum absolute atomic E-state index is 0.203. The van der Waals surface area contributed by atoms with Gasteiger partial charge in [0.25, 0.3) is 0 Å². The summed E-state index contributed by atoms with van der Waals surface area (Å²) in [5, 5.41) is 7.51. The number of hydrogen-bond donors (Lipinski definition) is 2. The van der Waals surface area contributed by atoms with Crippen LogP contribution in [0, 0.1) is 17.7 Å². The predicted octanol–water partition coefficient (Wildman–Crippen LogP) is 4.27. The second kappa shape index (κ2) is 6.94. The summed E-state index contributed by atoms with van der Waals surface area (Å²) in [7, 11) is 0. The number of halogens is 1. The standard InChI is InChI=1S/C15H23BrN2O/c1-11-6-7-12(16)10-13(11)19-9-5-4-8-15(2,3)14(17)18/h6-7,10H,4-5,8-9H2,1-3H3,(H3,17,18). The zero-order valence-corrected chi connectivity index (χ0v) is 13.5. The number of benzene rings is 1. The van der Waals surface area contributed by atoms with Crippen molar-refractivity contribution in [3.63, 3.8) is 0 Å². The molecule has 3 nitrogen and oxygen atoms in total. The van der Waals surface area contributed by atoms with Crippen LogP contribution in [0.3, 0.4) is 0 Å². The fourth-order valence-corrected chi connectivity index (χ4v) is 2.06. The molecule has 0 radical (unpaired) electrons. The van der Waals surface area contributed by atoms with Crippen molar-refractivity contribution in [3.05, 3.63) is 28.2 Å². The molecule has 1 rings (SSSR count). The van der Waals surface area contributed by atoms with Crippen molar-refractivity contribution < 1.29 is 4.74 Å². The van der Waals surface area contributed by atoms with Gasteiger partial charge in [-0.05, 0) is 43.9 Å². The van der Waals surface area contributed by atoms with E-state index in [1.807, 2.05) is 39.0 Å². The van der Waals surface area contributed by atoms with Gasteiger partial charge in [-0.2, -0.15) is 0 Å². The third-order valence-corrected chi connectivity index (χ3v) is 3.83. The molecule has 0 aliphatic rings. The summed E-state index contributed by atoms with van der Waals surface area (Å²) in [4.78, 5) is 0. The van der Waals surface area contributed by atoms with Gasteiger partial charge in [-0.15, -0.1) is 0 Å². The van der Waals surface area contributed by atoms with Crippen LogP contribution in [0.15, 0.2) is 22.7 Å². The molecule has 0 aliphatic heterocycles. The van der Waals surface area contributed by atoms with Gasteiger partial charge in [-0.25, -0.2) is 0 Å². The number of nitrogens with two attached hydrogens (primary N) is 1. The summed E-state index contributed by atoms with van der Waals surface area (Å²) in [5.41, 5.74) is 6.50. The van der Waals surface area contributed by atoms with Crippen molar-refractivity contribution in [2.75, 3.05) is 6.61 Å². The molecule has 0 amide bonds. The second-order valence-electron chi connectivity index (χ2n) is 5.51. The van der Waals surface area contributed by atoms with E-state index in [-0.39, 0.29) is 11.3 Å². The zero-order valence-electron chi connectivity index (χ0n) is 11.9. The molecule has 1 aromatic rings. The average Bonchev–Trinajstić information content (AvgIpc) is 2.32. The molecule has 1 aromatic carbocycles. The maximum Gasteiger partial charge on any atom is 0.123 e. The predicted molar refractivity (Wildman–Crippen MR) is 83.9 cm³/mol. The van der Waals surface area contributed by atoms with Gasteiger partial charge < -0.3 is 10.5 Å². The minimum atomic E-state index is -0.203. The largest absolute Gasteiger partial charge is 0.493 e. The third-order valence-electron chi connectivity index (χ3n) is 3.33. The Kier molecular flexibility index (Phi) is 5.85. The van der Waals surface area contributed by atoms with Crippen LogP contribution in [0.5, 0.6) is 5.75 Å². The third kappa shape index (κ3) is 5.23. The van der Waals surface area contributed by atoms with Crippen molar-refractivity contribution in [2.24, 2.45) is 11.1 Å². The highest BCUT2D eigenvalue weighted by molar-refractivity contribution is 9.10. The molecule has 0 aliphatic carbocycles. The number of rotatable bonds is 7. The van der Waals surface area contributed by atoms with E-state index in [0.29, 0.717) is 6.61 Å². The van der Waals surface area contributed by atoms with Crippen molar-refractivity contribution in [1.29, 1.82) is 5.41 Å². The molecule has 0 saturated heterocycles. The topological polar surface area (TPSA) is 59.1 Å². The first-order chi connectivity index (χ1) is 8.83. The van der Waals surface area contributed by atoms with Crippen LogP contribution in [0.2, 0.25) is 0 Å². The lowest BCUT2D eigenvalue weighted by Gasteiger charge is -2.22. The SMILES string of the molecule is Cc1ccc(Br)cc1OCCCCC(C)(C)C(=N)N. The fourth-order valence-electron chi connectivity index (χ4n) is 1.72. The summed E-state index contributed by atoms with van der Waals surface area (Å²) in [5.74, 6) is 1.19. The van der Waals surface area contributed by atoms with Crippen molar-refractivity contribution in [3.8, 4) is 5.75 Å². The molecular weight excluding hydrogens is 304 g/mol. The summed E-state index contributed by atoms with van der Waals surface area (Å²) < 4.78 is 6.81. The number of aryl methyl sites for hydroxylation is 1. The number of hydrogen-bond acceptors (Lipinski definition) is 2. The highest BCUT2D eigenvalue weighted by atomic mass is 79.9. The molecule has 0 atom stereocenters. The van der Waals surface area contributed by atoms with Gasteiger partial charge >= 0.3 is 0 Å². The first-order valence-corrected chi connectivity index (χ1v) is 7.36. The number of unbranched alkanes of at least 4 members (excludes halogenated alkanes) is 1. The average molecular weight is 327 g/mol. The van der Waals surface area contributed by atoms with Gasteiger partial charge in [-0.1, -0.05) is 35.8 Å². The summed E-state index contributed by atoms with van der Waals surface area (Å²) in [6, 6.07) is 6.05. The molecular formula is C15H23BrN2O. The highest BCUT2D eigenvalue weighted by Crippen LogP contribution is 2.25. The molecule has 0 unspecified atom stereocenters. The molecule has 0 bridgehead atoms. The molecule has 0 saturated carbocycles. The van der Waals surface area contributed by atoms with Crippen LogP contribution in [0.4, 0.5) is 0 Å². The molecule has 0 fully saturated rings. The Hall–Kier alpha value is -1.03. The Morgan fingerprint density at radius 1 is 1.37 bits per heavy atom. The summed E-state index contributed by atoms with van der Waals surface area (Å²) >= 11 is 3.44. The van der Waals surface area contributed by atoms with Crippen molar-refractivity contribution >= 4 is 21.8 Å². The molecule has 0 aromatic heterocycles. The van der Waals surface area contributed by atoms with E-state index < -0.39 is 0 Å². The highest BCUT2D eigenvalue weighted by Gasteiger charge is 2.20. The van der Waals surface area contributed by atoms with Gasteiger partial charge in [-0.3, -0.25) is 5.41 Å². The van der Waals surface area contributed by atoms with Gasteiger partial charge in [0.2, 0.25) is 0 Å². The van der Waals surface area contributed by atoms with Gasteiger partial charge in [0.1, 0.15) is 5.75 Å². The maximum atomic E-state index is 7.51. The lowest BCUT2D eigenvalue weighted by Crippen LogP contribution is -2.30. The van der Waals surface area contributed by atoms with E-state index in [9.17, 15) is 0 Å². The van der Waals surface area contributed by atoms with Crippen LogP contribution >= 0.6 is 15.9 Å². The van der Waals surface area contributed by atoms with Gasteiger partial charge in [0, 0.05) is 9.89 Å². The monoisotopic (exact) mass is 326 g/mol. The van der Waals surface area contributed by atoms with Crippen molar-refractivity contribution in [1.82, 2.24) is 0 Å². The number of ether oxygens (including phenoxy) is 1. The minimum Gasteiger partial charge on any atom is -0.493 e. The Morgan fingerprint density at radius 2 is 2.05 bits per heavy atom. The molecule has 0 spiro atoms. The first-order valence-electron chi connectivity index (χ1n) is 6.56. The fraction of sp³-hybridized carbons (Fsp3) is 0.533. The smallest absolute Gasteiger partial charge is 0.123 e. The van der Waals surface area contributed by atoms with E-state index >= 15 is 0 Å². The Bertz CT molecular complexity index is 444. The van der Waals surface area contributed by atoms with E-state index in [4.69, 9.17) is 15.9 Å². The molecule has 3 N–H and O–H groups in total. The van der Waals surface area contributed by atoms with E-state index in [1.165, 1.54) is 0 Å². The lowest BCUT2D eigenvalue weighted by atomic mass is 9.86. The maximum absolute atomic E-state index is 7.51. The van der Waals surface area contributed by atoms with E-state index in [0.717, 1.165) is 35.0 Å². The van der Waals surface area contributed by atoms with Crippen LogP contribution in [-0.2, 0) is 0 Å². The Balaban J connectivity index is 2.32. The first kappa shape index (κ1) is 16.0. The normalized spacial score (nSPS) is 11.4. The van der Waals surface area contributed by atoms with Crippen LogP contribution in [-0.4, -0.2) is 12.4 Å². The van der Waals surface area contributed by atoms with E-state index in [1.54, 1.807) is 0 Å².